The predicted octanol–water partition coefficient (Wildman–Crippen LogP) is 4.15. The first-order valence-electron chi connectivity index (χ1n) is 8.45. The normalized spacial score (nSPS) is 10.3. The van der Waals surface area contributed by atoms with Gasteiger partial charge in [0.2, 0.25) is 5.82 Å². The third-order valence-electron chi connectivity index (χ3n) is 3.81. The molecule has 0 N–H and O–H groups in total. The fourth-order valence-corrected chi connectivity index (χ4v) is 2.42. The van der Waals surface area contributed by atoms with Gasteiger partial charge >= 0.3 is 0 Å². The van der Waals surface area contributed by atoms with Crippen molar-refractivity contribution < 1.29 is 14.0 Å². The van der Waals surface area contributed by atoms with E-state index in [1.165, 1.54) is 5.56 Å². The van der Waals surface area contributed by atoms with Crippen LogP contribution in [0.4, 0.5) is 0 Å². The van der Waals surface area contributed by atoms with E-state index in [0.29, 0.717) is 35.4 Å². The Hall–Kier alpha value is -3.33. The van der Waals surface area contributed by atoms with Crippen molar-refractivity contribution in [3.8, 4) is 29.0 Å². The number of aryl methyl sites for hydroxylation is 1. The second-order valence-corrected chi connectivity index (χ2v) is 5.56. The first-order chi connectivity index (χ1) is 12.7. The molecule has 0 aliphatic rings. The molecule has 0 aliphatic carbocycles. The highest BCUT2D eigenvalue weighted by molar-refractivity contribution is 5.54. The fraction of sp³-hybridized carbons (Fsp3) is 0.250. The van der Waals surface area contributed by atoms with Gasteiger partial charge in [0.05, 0.1) is 18.2 Å². The summed E-state index contributed by atoms with van der Waals surface area (Å²) in [5.41, 5.74) is 2.66. The molecule has 0 spiro atoms. The molecule has 0 bridgehead atoms. The van der Waals surface area contributed by atoms with Crippen LogP contribution < -0.4 is 9.47 Å². The molecule has 0 unspecified atom stereocenters. The summed E-state index contributed by atoms with van der Waals surface area (Å²) >= 11 is 0. The Kier molecular flexibility index (Phi) is 5.49. The monoisotopic (exact) mass is 349 g/mol. The van der Waals surface area contributed by atoms with Crippen LogP contribution in [0.25, 0.3) is 11.4 Å². The largest absolute Gasteiger partial charge is 0.490 e. The van der Waals surface area contributed by atoms with Crippen LogP contribution in [0.2, 0.25) is 0 Å². The summed E-state index contributed by atoms with van der Waals surface area (Å²) in [5.74, 6) is 1.93. The first kappa shape index (κ1) is 17.5. The van der Waals surface area contributed by atoms with Crippen LogP contribution in [0.3, 0.4) is 0 Å². The van der Waals surface area contributed by atoms with Gasteiger partial charge in [0.1, 0.15) is 0 Å². The lowest BCUT2D eigenvalue weighted by Crippen LogP contribution is -2.00. The van der Waals surface area contributed by atoms with E-state index in [1.807, 2.05) is 31.2 Å². The lowest BCUT2D eigenvalue weighted by molar-refractivity contribution is 0.228. The van der Waals surface area contributed by atoms with Crippen molar-refractivity contribution in [2.75, 3.05) is 6.61 Å². The zero-order valence-electron chi connectivity index (χ0n) is 14.7. The van der Waals surface area contributed by atoms with Gasteiger partial charge in [-0.15, -0.1) is 0 Å². The molecule has 1 heterocycles. The maximum Gasteiger partial charge on any atom is 0.264 e. The van der Waals surface area contributed by atoms with E-state index in [4.69, 9.17) is 19.3 Å². The van der Waals surface area contributed by atoms with E-state index in [-0.39, 0.29) is 6.61 Å². The Labute approximate surface area is 152 Å². The van der Waals surface area contributed by atoms with E-state index >= 15 is 0 Å². The number of nitriles is 1. The van der Waals surface area contributed by atoms with Gasteiger partial charge in [-0.05, 0) is 31.0 Å². The van der Waals surface area contributed by atoms with Gasteiger partial charge < -0.3 is 14.0 Å². The molecule has 3 aromatic rings. The van der Waals surface area contributed by atoms with Gasteiger partial charge in [-0.1, -0.05) is 36.3 Å². The predicted molar refractivity (Wildman–Crippen MR) is 95.8 cm³/mol. The number of ether oxygens (including phenoxy) is 2. The van der Waals surface area contributed by atoms with Gasteiger partial charge in [0, 0.05) is 11.6 Å². The minimum atomic E-state index is 0.117. The van der Waals surface area contributed by atoms with Crippen LogP contribution in [-0.4, -0.2) is 16.7 Å². The van der Waals surface area contributed by atoms with Crippen molar-refractivity contribution in [2.45, 2.75) is 26.9 Å². The molecule has 26 heavy (non-hydrogen) atoms. The quantitative estimate of drug-likeness (QED) is 0.637. The van der Waals surface area contributed by atoms with Crippen LogP contribution in [0.15, 0.2) is 47.0 Å². The van der Waals surface area contributed by atoms with Crippen molar-refractivity contribution in [1.82, 2.24) is 10.1 Å². The first-order valence-corrected chi connectivity index (χ1v) is 8.45. The van der Waals surface area contributed by atoms with Crippen molar-refractivity contribution in [3.63, 3.8) is 0 Å². The van der Waals surface area contributed by atoms with Crippen LogP contribution in [0, 0.1) is 11.3 Å². The highest BCUT2D eigenvalue weighted by Crippen LogP contribution is 2.29. The number of benzene rings is 2. The molecule has 2 aromatic carbocycles. The van der Waals surface area contributed by atoms with Crippen molar-refractivity contribution in [3.05, 3.63) is 59.5 Å². The molecule has 132 valence electrons. The van der Waals surface area contributed by atoms with E-state index in [1.54, 1.807) is 18.2 Å². The summed E-state index contributed by atoms with van der Waals surface area (Å²) in [7, 11) is 0. The molecule has 3 rings (SSSR count). The summed E-state index contributed by atoms with van der Waals surface area (Å²) in [6, 6.07) is 15.1. The van der Waals surface area contributed by atoms with Gasteiger partial charge in [-0.25, -0.2) is 0 Å². The zero-order valence-corrected chi connectivity index (χ0v) is 14.7. The molecule has 0 amide bonds. The number of hydrogen-bond donors (Lipinski definition) is 0. The second kappa shape index (κ2) is 8.17. The Bertz CT molecular complexity index is 911. The van der Waals surface area contributed by atoms with Gasteiger partial charge in [-0.2, -0.15) is 10.2 Å². The standard InChI is InChI=1S/C20H19N3O3/c1-3-14-5-8-16(9-6-14)20-22-19(26-23-20)13-25-17-10-7-15(12-21)11-18(17)24-4-2/h5-11H,3-4,13H2,1-2H3. The van der Waals surface area contributed by atoms with Gasteiger partial charge in [-0.3, -0.25) is 0 Å². The molecule has 0 saturated carbocycles. The van der Waals surface area contributed by atoms with Crippen LogP contribution in [0.1, 0.15) is 30.9 Å². The van der Waals surface area contributed by atoms with Crippen LogP contribution in [0.5, 0.6) is 11.5 Å². The SMILES string of the molecule is CCOc1cc(C#N)ccc1OCc1nc(-c2ccc(CC)cc2)no1. The average Bonchev–Trinajstić information content (AvgIpc) is 3.16. The second-order valence-electron chi connectivity index (χ2n) is 5.56. The summed E-state index contributed by atoms with van der Waals surface area (Å²) in [6.45, 7) is 4.57. The summed E-state index contributed by atoms with van der Waals surface area (Å²) in [4.78, 5) is 4.36. The van der Waals surface area contributed by atoms with E-state index in [9.17, 15) is 0 Å². The van der Waals surface area contributed by atoms with Crippen molar-refractivity contribution in [2.24, 2.45) is 0 Å². The number of hydrogen-bond acceptors (Lipinski definition) is 6. The third kappa shape index (κ3) is 4.01. The molecule has 1 aromatic heterocycles. The maximum absolute atomic E-state index is 8.99. The topological polar surface area (TPSA) is 81.2 Å². The van der Waals surface area contributed by atoms with Crippen LogP contribution in [-0.2, 0) is 13.0 Å². The molecule has 0 saturated heterocycles. The highest BCUT2D eigenvalue weighted by Gasteiger charge is 2.12. The molecule has 0 fully saturated rings. The third-order valence-corrected chi connectivity index (χ3v) is 3.81. The summed E-state index contributed by atoms with van der Waals surface area (Å²) in [6.07, 6.45) is 0.984. The molecule has 6 nitrogen and oxygen atoms in total. The Balaban J connectivity index is 1.71. The molecule has 6 heteroatoms. The molecule has 0 atom stereocenters. The maximum atomic E-state index is 8.99. The van der Waals surface area contributed by atoms with Crippen molar-refractivity contribution in [1.29, 1.82) is 5.26 Å². The van der Waals surface area contributed by atoms with E-state index < -0.39 is 0 Å². The lowest BCUT2D eigenvalue weighted by Gasteiger charge is -2.10. The lowest BCUT2D eigenvalue weighted by atomic mass is 10.1. The Morgan fingerprint density at radius 1 is 1.04 bits per heavy atom. The highest BCUT2D eigenvalue weighted by atomic mass is 16.5. The van der Waals surface area contributed by atoms with Crippen LogP contribution >= 0.6 is 0 Å². The van der Waals surface area contributed by atoms with Gasteiger partial charge in [0.15, 0.2) is 18.1 Å². The minimum Gasteiger partial charge on any atom is -0.490 e. The molecule has 0 aliphatic heterocycles. The summed E-state index contributed by atoms with van der Waals surface area (Å²) < 4.78 is 16.5. The Morgan fingerprint density at radius 3 is 2.54 bits per heavy atom. The zero-order chi connectivity index (χ0) is 18.4. The molecular weight excluding hydrogens is 330 g/mol. The average molecular weight is 349 g/mol. The molecular formula is C20H19N3O3. The smallest absolute Gasteiger partial charge is 0.264 e. The van der Waals surface area contributed by atoms with Crippen molar-refractivity contribution >= 4 is 0 Å². The van der Waals surface area contributed by atoms with Gasteiger partial charge in [0.25, 0.3) is 5.89 Å². The Morgan fingerprint density at radius 2 is 1.85 bits per heavy atom. The number of rotatable bonds is 7. The number of aromatic nitrogens is 2. The van der Waals surface area contributed by atoms with E-state index in [0.717, 1.165) is 12.0 Å². The number of nitrogens with zero attached hydrogens (tertiary/aromatic N) is 3. The minimum absolute atomic E-state index is 0.117. The fourth-order valence-electron chi connectivity index (χ4n) is 2.42. The van der Waals surface area contributed by atoms with E-state index in [2.05, 4.69) is 23.1 Å². The summed E-state index contributed by atoms with van der Waals surface area (Å²) in [5, 5.41) is 13.0. The molecule has 0 radical (unpaired) electrons.